The highest BCUT2D eigenvalue weighted by molar-refractivity contribution is 7.02. The number of nitrogens with zero attached hydrogens (tertiary/aromatic N) is 1. The van der Waals surface area contributed by atoms with Crippen molar-refractivity contribution in [1.29, 1.82) is 0 Å². The zero-order chi connectivity index (χ0) is 40.2. The van der Waals surface area contributed by atoms with Gasteiger partial charge in [-0.25, -0.2) is 0 Å². The van der Waals surface area contributed by atoms with Gasteiger partial charge in [0.05, 0.1) is 5.41 Å². The van der Waals surface area contributed by atoms with Crippen LogP contribution in [0.25, 0.3) is 0 Å². The summed E-state index contributed by atoms with van der Waals surface area (Å²) in [7, 11) is 0. The van der Waals surface area contributed by atoms with Gasteiger partial charge < -0.3 is 4.90 Å². The van der Waals surface area contributed by atoms with Crippen LogP contribution in [0.4, 0.5) is 17.1 Å². The average Bonchev–Trinajstić information content (AvgIpc) is 3.25. The zero-order valence-electron chi connectivity index (χ0n) is 35.7. The minimum atomic E-state index is -0.444. The molecule has 1 nitrogen and oxygen atoms in total. The molecule has 0 saturated heterocycles. The molecular formula is C56H51B2N. The summed E-state index contributed by atoms with van der Waals surface area (Å²) in [6, 6.07) is 53.2. The molecule has 0 amide bonds. The molecule has 7 aromatic carbocycles. The summed E-state index contributed by atoms with van der Waals surface area (Å²) >= 11 is 0. The molecular weight excluding hydrogens is 708 g/mol. The van der Waals surface area contributed by atoms with Crippen LogP contribution in [0.1, 0.15) is 146 Å². The molecule has 286 valence electrons. The number of anilines is 3. The first-order valence-corrected chi connectivity index (χ1v) is 22.3. The molecule has 0 saturated carbocycles. The van der Waals surface area contributed by atoms with Crippen molar-refractivity contribution >= 4 is 63.3 Å². The van der Waals surface area contributed by atoms with Crippen LogP contribution < -0.4 is 37.7 Å². The lowest BCUT2D eigenvalue weighted by Gasteiger charge is -2.59. The highest BCUT2D eigenvalue weighted by Gasteiger charge is 2.61. The molecule has 0 unspecified atom stereocenters. The maximum Gasteiger partial charge on any atom is 0.247 e. The maximum absolute atomic E-state index is 2.81. The van der Waals surface area contributed by atoms with Gasteiger partial charge >= 0.3 is 0 Å². The van der Waals surface area contributed by atoms with Crippen LogP contribution in [-0.2, 0) is 5.41 Å². The number of hydrogen-bond acceptors (Lipinski definition) is 1. The molecule has 1 spiro atoms. The lowest BCUT2D eigenvalue weighted by atomic mass is 9.28. The van der Waals surface area contributed by atoms with Crippen molar-refractivity contribution in [2.45, 2.75) is 90.4 Å². The zero-order valence-corrected chi connectivity index (χ0v) is 35.7. The van der Waals surface area contributed by atoms with Crippen molar-refractivity contribution in [2.75, 3.05) is 4.90 Å². The summed E-state index contributed by atoms with van der Waals surface area (Å²) < 4.78 is 0. The third-order valence-electron chi connectivity index (χ3n) is 15.2. The van der Waals surface area contributed by atoms with E-state index in [4.69, 9.17) is 0 Å². The number of hydrogen-bond donors (Lipinski definition) is 0. The summed E-state index contributed by atoms with van der Waals surface area (Å²) in [4.78, 5) is 2.81. The first kappa shape index (κ1) is 35.4. The largest absolute Gasteiger partial charge is 0.312 e. The smallest absolute Gasteiger partial charge is 0.247 e. The third-order valence-corrected chi connectivity index (χ3v) is 15.2. The summed E-state index contributed by atoms with van der Waals surface area (Å²) in [6.07, 6.45) is 0. The molecule has 13 rings (SSSR count). The molecule has 0 N–H and O–H groups in total. The van der Waals surface area contributed by atoms with E-state index in [1.54, 1.807) is 0 Å². The Kier molecular flexibility index (Phi) is 7.36. The fourth-order valence-corrected chi connectivity index (χ4v) is 13.1. The third kappa shape index (κ3) is 4.24. The molecule has 3 heterocycles. The minimum Gasteiger partial charge on any atom is -0.312 e. The van der Waals surface area contributed by atoms with E-state index < -0.39 is 5.41 Å². The Morgan fingerprint density at radius 2 is 0.797 bits per heavy atom. The number of benzene rings is 7. The molecule has 6 aliphatic rings. The van der Waals surface area contributed by atoms with Crippen molar-refractivity contribution in [3.05, 3.63) is 195 Å². The first-order chi connectivity index (χ1) is 28.7. The van der Waals surface area contributed by atoms with Crippen molar-refractivity contribution in [1.82, 2.24) is 0 Å². The van der Waals surface area contributed by atoms with E-state index in [0.717, 1.165) is 0 Å². The molecule has 7 aromatic rings. The Labute approximate surface area is 351 Å². The normalized spacial score (nSPS) is 18.2. The number of rotatable bonds is 6. The van der Waals surface area contributed by atoms with Crippen LogP contribution in [0.3, 0.4) is 0 Å². The Bertz CT molecular complexity index is 2830. The fraction of sp³-hybridized carbons (Fsp3) is 0.250. The lowest BCUT2D eigenvalue weighted by Crippen LogP contribution is -2.68. The standard InChI is InChI=1S/C56H51B2N/c1-31(2)35-19-13-20-36(32(3)4)51(35)57-45-26-15-25-44-53(45)59-54-46(57)27-16-28-47(54)58(52-37(33(5)6)21-14-22-38(52)34(7)8)48-30-29-41-49-39-17-9-11-23-42(39)56(44,50(41)55(48)59)43-24-12-10-18-40(43)49/h9-34,49H,1-8H3. The van der Waals surface area contributed by atoms with Gasteiger partial charge in [-0.3, -0.25) is 0 Å². The Balaban J connectivity index is 1.31. The molecule has 0 aromatic heterocycles. The van der Waals surface area contributed by atoms with Gasteiger partial charge in [0, 0.05) is 23.0 Å². The molecule has 2 bridgehead atoms. The minimum absolute atomic E-state index is 0.0887. The molecule has 0 atom stereocenters. The van der Waals surface area contributed by atoms with E-state index in [0.29, 0.717) is 23.7 Å². The molecule has 3 aliphatic carbocycles. The van der Waals surface area contributed by atoms with E-state index in [1.807, 2.05) is 0 Å². The molecule has 0 fully saturated rings. The van der Waals surface area contributed by atoms with Crippen molar-refractivity contribution in [2.24, 2.45) is 0 Å². The van der Waals surface area contributed by atoms with E-state index in [2.05, 4.69) is 194 Å². The van der Waals surface area contributed by atoms with Gasteiger partial charge in [0.15, 0.2) is 0 Å². The van der Waals surface area contributed by atoms with E-state index in [1.165, 1.54) is 111 Å². The highest BCUT2D eigenvalue weighted by Crippen LogP contribution is 2.68. The second-order valence-corrected chi connectivity index (χ2v) is 19.4. The topological polar surface area (TPSA) is 3.24 Å². The second-order valence-electron chi connectivity index (χ2n) is 19.4. The van der Waals surface area contributed by atoms with Gasteiger partial charge in [-0.2, -0.15) is 0 Å². The molecule has 3 heteroatoms. The van der Waals surface area contributed by atoms with Gasteiger partial charge in [0.1, 0.15) is 0 Å². The monoisotopic (exact) mass is 759 g/mol. The first-order valence-electron chi connectivity index (χ1n) is 22.3. The van der Waals surface area contributed by atoms with E-state index in [9.17, 15) is 0 Å². The van der Waals surface area contributed by atoms with Crippen LogP contribution in [-0.4, -0.2) is 13.4 Å². The average molecular weight is 760 g/mol. The predicted molar refractivity (Wildman–Crippen MR) is 252 cm³/mol. The summed E-state index contributed by atoms with van der Waals surface area (Å²) in [5, 5.41) is 0. The van der Waals surface area contributed by atoms with Crippen molar-refractivity contribution < 1.29 is 0 Å². The Morgan fingerprint density at radius 1 is 0.390 bits per heavy atom. The predicted octanol–water partition coefficient (Wildman–Crippen LogP) is 9.81. The Hall–Kier alpha value is -5.53. The quantitative estimate of drug-likeness (QED) is 0.153. The van der Waals surface area contributed by atoms with Gasteiger partial charge in [-0.15, -0.1) is 0 Å². The van der Waals surface area contributed by atoms with Crippen molar-refractivity contribution in [3.8, 4) is 0 Å². The fourth-order valence-electron chi connectivity index (χ4n) is 13.1. The Morgan fingerprint density at radius 3 is 1.29 bits per heavy atom. The van der Waals surface area contributed by atoms with Crippen molar-refractivity contribution in [3.63, 3.8) is 0 Å². The summed E-state index contributed by atoms with van der Waals surface area (Å²) in [6.45, 7) is 19.3. The second kappa shape index (κ2) is 12.3. The summed E-state index contributed by atoms with van der Waals surface area (Å²) in [5.41, 5.74) is 28.8. The highest BCUT2D eigenvalue weighted by atomic mass is 15.2. The van der Waals surface area contributed by atoms with Crippen LogP contribution in [0.15, 0.2) is 133 Å². The molecule has 3 aliphatic heterocycles. The van der Waals surface area contributed by atoms with Gasteiger partial charge in [0.25, 0.3) is 0 Å². The maximum atomic E-state index is 2.81. The lowest BCUT2D eigenvalue weighted by molar-refractivity contribution is 0.623. The van der Waals surface area contributed by atoms with Gasteiger partial charge in [0.2, 0.25) is 13.4 Å². The van der Waals surface area contributed by atoms with Gasteiger partial charge in [-0.1, -0.05) is 200 Å². The van der Waals surface area contributed by atoms with Gasteiger partial charge in [-0.05, 0) is 107 Å². The van der Waals surface area contributed by atoms with Crippen LogP contribution in [0.5, 0.6) is 0 Å². The van der Waals surface area contributed by atoms with E-state index >= 15 is 0 Å². The summed E-state index contributed by atoms with van der Waals surface area (Å²) in [5.74, 6) is 1.76. The SMILES string of the molecule is CC(C)c1cccc(C(C)C)c1B1c2cccc3c2N2c4c1cccc4C14c5ccccc5C(c5ccccc51)c1ccc(c2c14)B3c1c(C(C)C)cccc1C(C)C. The van der Waals surface area contributed by atoms with Crippen LogP contribution in [0.2, 0.25) is 0 Å². The van der Waals surface area contributed by atoms with Crippen LogP contribution >= 0.6 is 0 Å². The van der Waals surface area contributed by atoms with E-state index in [-0.39, 0.29) is 19.3 Å². The number of para-hydroxylation sites is 2. The molecule has 0 radical (unpaired) electrons. The molecule has 59 heavy (non-hydrogen) atoms. The van der Waals surface area contributed by atoms with Crippen LogP contribution in [0, 0.1) is 0 Å².